The molecule has 0 bridgehead atoms. The van der Waals surface area contributed by atoms with Crippen LogP contribution in [0, 0.1) is 5.92 Å². The zero-order valence-corrected chi connectivity index (χ0v) is 11.1. The van der Waals surface area contributed by atoms with Crippen LogP contribution in [0.25, 0.3) is 0 Å². The van der Waals surface area contributed by atoms with E-state index in [9.17, 15) is 4.79 Å². The third kappa shape index (κ3) is 4.80. The molecule has 3 heteroatoms. The molecule has 0 radical (unpaired) electrons. The third-order valence-corrected chi connectivity index (χ3v) is 3.39. The fraction of sp³-hybridized carbons (Fsp3) is 0.786. The SMILES string of the molecule is C=C(C)C1CCCCC1OC(=O)NCCCC. The summed E-state index contributed by atoms with van der Waals surface area (Å²) < 4.78 is 5.50. The summed E-state index contributed by atoms with van der Waals surface area (Å²) in [5.74, 6) is 0.348. The molecule has 0 aromatic rings. The van der Waals surface area contributed by atoms with E-state index in [-0.39, 0.29) is 12.2 Å². The molecule has 1 saturated carbocycles. The Kier molecular flexibility index (Phi) is 6.09. The van der Waals surface area contributed by atoms with E-state index in [2.05, 4.69) is 18.8 Å². The number of carbonyl (C=O) groups excluding carboxylic acids is 1. The van der Waals surface area contributed by atoms with Crippen molar-refractivity contribution < 1.29 is 9.53 Å². The number of ether oxygens (including phenoxy) is 1. The Balaban J connectivity index is 2.36. The maximum atomic E-state index is 11.6. The molecule has 2 unspecified atom stereocenters. The molecule has 0 saturated heterocycles. The molecule has 1 aliphatic carbocycles. The van der Waals surface area contributed by atoms with E-state index in [4.69, 9.17) is 4.74 Å². The molecule has 0 aromatic carbocycles. The minimum Gasteiger partial charge on any atom is -0.446 e. The van der Waals surface area contributed by atoms with Crippen LogP contribution in [0.3, 0.4) is 0 Å². The lowest BCUT2D eigenvalue weighted by Crippen LogP contribution is -2.35. The average molecular weight is 239 g/mol. The minimum atomic E-state index is -0.267. The lowest BCUT2D eigenvalue weighted by Gasteiger charge is -2.31. The fourth-order valence-electron chi connectivity index (χ4n) is 2.35. The summed E-state index contributed by atoms with van der Waals surface area (Å²) >= 11 is 0. The molecular weight excluding hydrogens is 214 g/mol. The summed E-state index contributed by atoms with van der Waals surface area (Å²) in [4.78, 5) is 11.6. The van der Waals surface area contributed by atoms with E-state index >= 15 is 0 Å². The zero-order valence-electron chi connectivity index (χ0n) is 11.1. The lowest BCUT2D eigenvalue weighted by molar-refractivity contribution is 0.0492. The molecule has 17 heavy (non-hydrogen) atoms. The summed E-state index contributed by atoms with van der Waals surface area (Å²) in [5, 5.41) is 2.80. The summed E-state index contributed by atoms with van der Waals surface area (Å²) in [7, 11) is 0. The first kappa shape index (κ1) is 14.1. The number of nitrogens with one attached hydrogen (secondary N) is 1. The van der Waals surface area contributed by atoms with Crippen LogP contribution in [-0.2, 0) is 4.74 Å². The van der Waals surface area contributed by atoms with Gasteiger partial charge in [-0.05, 0) is 32.6 Å². The number of carbonyl (C=O) groups is 1. The van der Waals surface area contributed by atoms with Crippen molar-refractivity contribution in [1.29, 1.82) is 0 Å². The van der Waals surface area contributed by atoms with Gasteiger partial charge in [0.15, 0.2) is 0 Å². The van der Waals surface area contributed by atoms with Crippen LogP contribution in [0.5, 0.6) is 0 Å². The molecule has 98 valence electrons. The second-order valence-electron chi connectivity index (χ2n) is 4.96. The summed E-state index contributed by atoms with van der Waals surface area (Å²) in [6.07, 6.45) is 6.29. The predicted molar refractivity (Wildman–Crippen MR) is 70.0 cm³/mol. The van der Waals surface area contributed by atoms with Gasteiger partial charge < -0.3 is 10.1 Å². The third-order valence-electron chi connectivity index (χ3n) is 3.39. The van der Waals surface area contributed by atoms with E-state index < -0.39 is 0 Å². The smallest absolute Gasteiger partial charge is 0.407 e. The van der Waals surface area contributed by atoms with Gasteiger partial charge in [-0.25, -0.2) is 4.79 Å². The van der Waals surface area contributed by atoms with Crippen LogP contribution in [0.15, 0.2) is 12.2 Å². The number of amides is 1. The number of rotatable bonds is 5. The molecule has 0 spiro atoms. The second-order valence-corrected chi connectivity index (χ2v) is 4.96. The Bertz CT molecular complexity index is 263. The van der Waals surface area contributed by atoms with Crippen LogP contribution in [0.2, 0.25) is 0 Å². The van der Waals surface area contributed by atoms with Crippen LogP contribution in [0.4, 0.5) is 4.79 Å². The molecule has 0 heterocycles. The van der Waals surface area contributed by atoms with Crippen molar-refractivity contribution in [3.05, 3.63) is 12.2 Å². The Morgan fingerprint density at radius 3 is 2.76 bits per heavy atom. The van der Waals surface area contributed by atoms with Crippen molar-refractivity contribution in [2.75, 3.05) is 6.54 Å². The first-order chi connectivity index (χ1) is 8.15. The van der Waals surface area contributed by atoms with E-state index in [1.807, 2.05) is 6.92 Å². The van der Waals surface area contributed by atoms with Gasteiger partial charge in [0.2, 0.25) is 0 Å². The van der Waals surface area contributed by atoms with Gasteiger partial charge >= 0.3 is 6.09 Å². The Labute approximate surface area is 105 Å². The summed E-state index contributed by atoms with van der Waals surface area (Å²) in [6, 6.07) is 0. The Hall–Kier alpha value is -0.990. The molecule has 1 N–H and O–H groups in total. The molecule has 2 atom stereocenters. The number of hydrogen-bond donors (Lipinski definition) is 1. The van der Waals surface area contributed by atoms with Gasteiger partial charge in [-0.2, -0.15) is 0 Å². The van der Waals surface area contributed by atoms with E-state index in [0.29, 0.717) is 12.5 Å². The normalized spacial score (nSPS) is 24.1. The van der Waals surface area contributed by atoms with Gasteiger partial charge in [0.1, 0.15) is 6.10 Å². The maximum Gasteiger partial charge on any atom is 0.407 e. The lowest BCUT2D eigenvalue weighted by atomic mass is 9.82. The van der Waals surface area contributed by atoms with E-state index in [0.717, 1.165) is 37.7 Å². The highest BCUT2D eigenvalue weighted by Gasteiger charge is 2.28. The minimum absolute atomic E-state index is 0.0304. The van der Waals surface area contributed by atoms with Crippen molar-refractivity contribution >= 4 is 6.09 Å². The predicted octanol–water partition coefficient (Wildman–Crippen LogP) is 3.65. The van der Waals surface area contributed by atoms with Crippen molar-refractivity contribution in [2.45, 2.75) is 58.5 Å². The van der Waals surface area contributed by atoms with Crippen molar-refractivity contribution in [2.24, 2.45) is 5.92 Å². The molecule has 0 aliphatic heterocycles. The van der Waals surface area contributed by atoms with Gasteiger partial charge in [0.25, 0.3) is 0 Å². The topological polar surface area (TPSA) is 38.3 Å². The van der Waals surface area contributed by atoms with Crippen molar-refractivity contribution in [1.82, 2.24) is 5.32 Å². The highest BCUT2D eigenvalue weighted by molar-refractivity contribution is 5.67. The van der Waals surface area contributed by atoms with Gasteiger partial charge in [-0.3, -0.25) is 0 Å². The molecule has 1 amide bonds. The molecule has 1 fully saturated rings. The maximum absolute atomic E-state index is 11.6. The highest BCUT2D eigenvalue weighted by atomic mass is 16.6. The monoisotopic (exact) mass is 239 g/mol. The van der Waals surface area contributed by atoms with Crippen LogP contribution >= 0.6 is 0 Å². The fourth-order valence-corrected chi connectivity index (χ4v) is 2.35. The van der Waals surface area contributed by atoms with E-state index in [1.54, 1.807) is 0 Å². The molecule has 3 nitrogen and oxygen atoms in total. The standard InChI is InChI=1S/C14H25NO2/c1-4-5-10-15-14(16)17-13-9-7-6-8-12(13)11(2)3/h12-13H,2,4-10H2,1,3H3,(H,15,16). The summed E-state index contributed by atoms with van der Waals surface area (Å²) in [5.41, 5.74) is 1.14. The first-order valence-electron chi connectivity index (χ1n) is 6.75. The highest BCUT2D eigenvalue weighted by Crippen LogP contribution is 2.31. The second kappa shape index (κ2) is 7.36. The summed E-state index contributed by atoms with van der Waals surface area (Å²) in [6.45, 7) is 8.84. The average Bonchev–Trinajstić information content (AvgIpc) is 2.29. The van der Waals surface area contributed by atoms with Crippen LogP contribution < -0.4 is 5.32 Å². The molecule has 1 rings (SSSR count). The van der Waals surface area contributed by atoms with Gasteiger partial charge in [0.05, 0.1) is 0 Å². The van der Waals surface area contributed by atoms with Crippen LogP contribution in [-0.4, -0.2) is 18.7 Å². The molecule has 1 aliphatic rings. The van der Waals surface area contributed by atoms with Gasteiger partial charge in [-0.15, -0.1) is 0 Å². The first-order valence-corrected chi connectivity index (χ1v) is 6.75. The van der Waals surface area contributed by atoms with Gasteiger partial charge in [0, 0.05) is 12.5 Å². The quantitative estimate of drug-likeness (QED) is 0.587. The van der Waals surface area contributed by atoms with E-state index in [1.165, 1.54) is 6.42 Å². The molecular formula is C14H25NO2. The van der Waals surface area contributed by atoms with Crippen molar-refractivity contribution in [3.8, 4) is 0 Å². The Morgan fingerprint density at radius 2 is 2.12 bits per heavy atom. The number of alkyl carbamates (subject to hydrolysis) is 1. The van der Waals surface area contributed by atoms with Gasteiger partial charge in [-0.1, -0.05) is 31.9 Å². The van der Waals surface area contributed by atoms with Crippen LogP contribution in [0.1, 0.15) is 52.4 Å². The van der Waals surface area contributed by atoms with Crippen molar-refractivity contribution in [3.63, 3.8) is 0 Å². The largest absolute Gasteiger partial charge is 0.446 e. The number of hydrogen-bond acceptors (Lipinski definition) is 2. The number of unbranched alkanes of at least 4 members (excludes halogenated alkanes) is 1. The molecule has 0 aromatic heterocycles. The Morgan fingerprint density at radius 1 is 1.41 bits per heavy atom. The zero-order chi connectivity index (χ0) is 12.7.